The van der Waals surface area contributed by atoms with Crippen LogP contribution in [0.25, 0.3) is 10.7 Å². The average Bonchev–Trinajstić information content (AvgIpc) is 2.88. The lowest BCUT2D eigenvalue weighted by atomic mass is 10.4. The lowest BCUT2D eigenvalue weighted by Gasteiger charge is -2.09. The van der Waals surface area contributed by atoms with Crippen molar-refractivity contribution >= 4 is 29.1 Å². The molecule has 0 bridgehead atoms. The number of hydrogen-bond acceptors (Lipinski definition) is 6. The first-order valence-electron chi connectivity index (χ1n) is 6.65. The highest BCUT2D eigenvalue weighted by Gasteiger charge is 2.34. The van der Waals surface area contributed by atoms with Gasteiger partial charge in [0.05, 0.1) is 11.5 Å². The molecular weight excluding hydrogens is 294 g/mol. The summed E-state index contributed by atoms with van der Waals surface area (Å²) in [6, 6.07) is 4.57. The zero-order valence-corrected chi connectivity index (χ0v) is 12.3. The number of thioether (sulfide) groups is 1. The van der Waals surface area contributed by atoms with Gasteiger partial charge in [0.2, 0.25) is 0 Å². The van der Waals surface area contributed by atoms with E-state index in [0.29, 0.717) is 12.6 Å². The molecule has 7 heteroatoms. The summed E-state index contributed by atoms with van der Waals surface area (Å²) < 4.78 is 7.21. The van der Waals surface area contributed by atoms with Gasteiger partial charge in [-0.1, -0.05) is 17.8 Å². The van der Waals surface area contributed by atoms with Crippen molar-refractivity contribution in [2.45, 2.75) is 35.7 Å². The lowest BCUT2D eigenvalue weighted by molar-refractivity contribution is -0.137. The normalized spacial score (nSPS) is 22.2. The highest BCUT2D eigenvalue weighted by atomic mass is 32.2. The molecule has 3 heterocycles. The van der Waals surface area contributed by atoms with Crippen LogP contribution in [-0.2, 0) is 9.53 Å². The molecule has 1 saturated carbocycles. The van der Waals surface area contributed by atoms with Crippen LogP contribution in [0.2, 0.25) is 0 Å². The molecule has 1 unspecified atom stereocenters. The maximum absolute atomic E-state index is 11.6. The Hall–Kier alpha value is -1.34. The molecule has 5 nitrogen and oxygen atoms in total. The summed E-state index contributed by atoms with van der Waals surface area (Å²) in [5.41, 5.74) is 0. The molecular formula is C13H13N3O2S2. The number of aromatic nitrogens is 3. The summed E-state index contributed by atoms with van der Waals surface area (Å²) in [7, 11) is 0. The van der Waals surface area contributed by atoms with E-state index in [0.717, 1.165) is 22.3 Å². The SMILES string of the molecule is O=C1OCCC1Sc1nnc(-c2cccs2)n1C1CC1. The monoisotopic (exact) mass is 307 g/mol. The van der Waals surface area contributed by atoms with Gasteiger partial charge in [-0.2, -0.15) is 0 Å². The molecule has 4 rings (SSSR count). The number of thiophene rings is 1. The van der Waals surface area contributed by atoms with Gasteiger partial charge in [0.15, 0.2) is 11.0 Å². The fourth-order valence-corrected chi connectivity index (χ4v) is 4.08. The topological polar surface area (TPSA) is 57.0 Å². The van der Waals surface area contributed by atoms with Crippen LogP contribution in [0.15, 0.2) is 22.7 Å². The van der Waals surface area contributed by atoms with Crippen LogP contribution >= 0.6 is 23.1 Å². The molecule has 2 fully saturated rings. The molecule has 0 N–H and O–H groups in total. The molecule has 0 radical (unpaired) electrons. The number of cyclic esters (lactones) is 1. The summed E-state index contributed by atoms with van der Waals surface area (Å²) in [5.74, 6) is 0.800. The van der Waals surface area contributed by atoms with Gasteiger partial charge in [0.1, 0.15) is 5.25 Å². The Balaban J connectivity index is 1.68. The van der Waals surface area contributed by atoms with E-state index < -0.39 is 0 Å². The van der Waals surface area contributed by atoms with E-state index in [1.54, 1.807) is 11.3 Å². The second-order valence-corrected chi connectivity index (χ2v) is 7.06. The Bertz CT molecular complexity index is 634. The van der Waals surface area contributed by atoms with Gasteiger partial charge in [0, 0.05) is 12.5 Å². The number of carbonyl (C=O) groups excluding carboxylic acids is 1. The summed E-state index contributed by atoms with van der Waals surface area (Å²) in [6.07, 6.45) is 3.09. The Morgan fingerprint density at radius 1 is 1.35 bits per heavy atom. The van der Waals surface area contributed by atoms with Crippen molar-refractivity contribution in [3.8, 4) is 10.7 Å². The zero-order valence-electron chi connectivity index (χ0n) is 10.7. The van der Waals surface area contributed by atoms with E-state index in [2.05, 4.69) is 20.8 Å². The summed E-state index contributed by atoms with van der Waals surface area (Å²) >= 11 is 3.16. The fraction of sp³-hybridized carbons (Fsp3) is 0.462. The molecule has 0 spiro atoms. The number of ether oxygens (including phenoxy) is 1. The highest BCUT2D eigenvalue weighted by molar-refractivity contribution is 8.00. The fourth-order valence-electron chi connectivity index (χ4n) is 2.30. The van der Waals surface area contributed by atoms with Crippen LogP contribution in [0.1, 0.15) is 25.3 Å². The van der Waals surface area contributed by atoms with Crippen LogP contribution in [0.3, 0.4) is 0 Å². The quantitative estimate of drug-likeness (QED) is 0.813. The van der Waals surface area contributed by atoms with Gasteiger partial charge in [-0.25, -0.2) is 0 Å². The first-order valence-corrected chi connectivity index (χ1v) is 8.41. The predicted octanol–water partition coefficient (Wildman–Crippen LogP) is 2.75. The number of hydrogen-bond donors (Lipinski definition) is 0. The van der Waals surface area contributed by atoms with Gasteiger partial charge in [-0.05, 0) is 24.3 Å². The van der Waals surface area contributed by atoms with Gasteiger partial charge in [-0.3, -0.25) is 9.36 Å². The van der Waals surface area contributed by atoms with Crippen molar-refractivity contribution in [3.05, 3.63) is 17.5 Å². The molecule has 2 aromatic rings. The second-order valence-electron chi connectivity index (χ2n) is 4.95. The Morgan fingerprint density at radius 3 is 2.90 bits per heavy atom. The highest BCUT2D eigenvalue weighted by Crippen LogP contribution is 2.43. The van der Waals surface area contributed by atoms with E-state index in [4.69, 9.17) is 4.74 Å². The Kier molecular flexibility index (Phi) is 3.03. The van der Waals surface area contributed by atoms with Gasteiger partial charge in [-0.15, -0.1) is 21.5 Å². The second kappa shape index (κ2) is 4.89. The Labute approximate surface area is 124 Å². The molecule has 2 aromatic heterocycles. The van der Waals surface area contributed by atoms with E-state index >= 15 is 0 Å². The molecule has 0 amide bonds. The summed E-state index contributed by atoms with van der Waals surface area (Å²) in [5, 5.41) is 11.4. The maximum atomic E-state index is 11.6. The number of esters is 1. The van der Waals surface area contributed by atoms with Crippen LogP contribution in [0.5, 0.6) is 0 Å². The number of rotatable bonds is 4. The van der Waals surface area contributed by atoms with Crippen molar-refractivity contribution in [1.29, 1.82) is 0 Å². The molecule has 1 aliphatic heterocycles. The van der Waals surface area contributed by atoms with Gasteiger partial charge in [0.25, 0.3) is 0 Å². The van der Waals surface area contributed by atoms with Crippen molar-refractivity contribution < 1.29 is 9.53 Å². The van der Waals surface area contributed by atoms with Crippen molar-refractivity contribution in [3.63, 3.8) is 0 Å². The minimum atomic E-state index is -0.132. The first kappa shape index (κ1) is 12.4. The van der Waals surface area contributed by atoms with Crippen LogP contribution in [0.4, 0.5) is 0 Å². The molecule has 104 valence electrons. The minimum absolute atomic E-state index is 0.127. The zero-order chi connectivity index (χ0) is 13.5. The van der Waals surface area contributed by atoms with Gasteiger partial charge < -0.3 is 4.74 Å². The average molecular weight is 307 g/mol. The third-order valence-corrected chi connectivity index (χ3v) is 5.52. The lowest BCUT2D eigenvalue weighted by Crippen LogP contribution is -2.11. The van der Waals surface area contributed by atoms with E-state index in [-0.39, 0.29) is 11.2 Å². The first-order chi connectivity index (χ1) is 9.83. The number of carbonyl (C=O) groups is 1. The van der Waals surface area contributed by atoms with E-state index in [1.165, 1.54) is 24.6 Å². The third-order valence-electron chi connectivity index (χ3n) is 3.45. The van der Waals surface area contributed by atoms with E-state index in [1.807, 2.05) is 11.4 Å². The smallest absolute Gasteiger partial charge is 0.319 e. The molecule has 1 saturated heterocycles. The van der Waals surface area contributed by atoms with Crippen molar-refractivity contribution in [1.82, 2.24) is 14.8 Å². The third kappa shape index (κ3) is 2.14. The molecule has 20 heavy (non-hydrogen) atoms. The number of nitrogens with zero attached hydrogens (tertiary/aromatic N) is 3. The predicted molar refractivity (Wildman–Crippen MR) is 76.8 cm³/mol. The Morgan fingerprint density at radius 2 is 2.25 bits per heavy atom. The molecule has 2 aliphatic rings. The largest absolute Gasteiger partial charge is 0.465 e. The maximum Gasteiger partial charge on any atom is 0.319 e. The van der Waals surface area contributed by atoms with Crippen LogP contribution in [0, 0.1) is 0 Å². The molecule has 0 aromatic carbocycles. The van der Waals surface area contributed by atoms with Gasteiger partial charge >= 0.3 is 5.97 Å². The summed E-state index contributed by atoms with van der Waals surface area (Å²) in [4.78, 5) is 12.7. The molecule has 1 atom stereocenters. The van der Waals surface area contributed by atoms with E-state index in [9.17, 15) is 4.79 Å². The minimum Gasteiger partial charge on any atom is -0.465 e. The van der Waals surface area contributed by atoms with Crippen molar-refractivity contribution in [2.75, 3.05) is 6.61 Å². The summed E-state index contributed by atoms with van der Waals surface area (Å²) in [6.45, 7) is 0.520. The molecule has 1 aliphatic carbocycles. The standard InChI is InChI=1S/C13H13N3O2S2/c17-12-10(5-6-18-12)20-13-15-14-11(9-2-1-7-19-9)16(13)8-3-4-8/h1-2,7-8,10H,3-6H2. The van der Waals surface area contributed by atoms with Crippen LogP contribution in [-0.4, -0.2) is 32.6 Å². The van der Waals surface area contributed by atoms with Crippen molar-refractivity contribution in [2.24, 2.45) is 0 Å². The van der Waals surface area contributed by atoms with Crippen LogP contribution < -0.4 is 0 Å².